The van der Waals surface area contributed by atoms with Gasteiger partial charge in [-0.05, 0) is 17.7 Å². The first-order valence-electron chi connectivity index (χ1n) is 3.75. The van der Waals surface area contributed by atoms with Gasteiger partial charge in [-0.15, -0.1) is 0 Å². The van der Waals surface area contributed by atoms with E-state index in [-0.39, 0.29) is 6.42 Å². The molecule has 1 aromatic rings. The van der Waals surface area contributed by atoms with E-state index in [1.807, 2.05) is 0 Å². The van der Waals surface area contributed by atoms with Crippen LogP contribution >= 0.6 is 11.6 Å². The van der Waals surface area contributed by atoms with Gasteiger partial charge in [-0.25, -0.2) is 0 Å². The van der Waals surface area contributed by atoms with E-state index in [1.54, 1.807) is 24.3 Å². The Labute approximate surface area is 80.6 Å². The molecule has 1 atom stereocenters. The summed E-state index contributed by atoms with van der Waals surface area (Å²) in [5.74, 6) is -1.03. The Morgan fingerprint density at radius 3 is 2.38 bits per heavy atom. The minimum absolute atomic E-state index is 0.290. The number of carboxylic acids is 1. The van der Waals surface area contributed by atoms with E-state index in [1.165, 1.54) is 0 Å². The topological polar surface area (TPSA) is 57.5 Å². The number of carboxylic acid groups (broad SMARTS) is 1. The first-order chi connectivity index (χ1) is 6.09. The number of aliphatic hydroxyl groups excluding tert-OH is 1. The molecule has 0 aliphatic rings. The molecule has 0 saturated heterocycles. The Morgan fingerprint density at radius 2 is 1.92 bits per heavy atom. The van der Waals surface area contributed by atoms with Crippen molar-refractivity contribution in [2.45, 2.75) is 12.5 Å². The second-order valence-corrected chi connectivity index (χ2v) is 3.10. The van der Waals surface area contributed by atoms with Gasteiger partial charge < -0.3 is 10.2 Å². The van der Waals surface area contributed by atoms with Gasteiger partial charge in [-0.1, -0.05) is 23.7 Å². The van der Waals surface area contributed by atoms with Crippen LogP contribution in [0, 0.1) is 0 Å². The molecule has 0 spiro atoms. The number of aliphatic hydroxyl groups is 1. The number of carbonyl (C=O) groups is 1. The third-order valence-corrected chi connectivity index (χ3v) is 1.87. The van der Waals surface area contributed by atoms with E-state index in [9.17, 15) is 9.90 Å². The third-order valence-electron chi connectivity index (χ3n) is 1.62. The molecule has 0 aromatic heterocycles. The fraction of sp³-hybridized carbons (Fsp3) is 0.222. The average Bonchev–Trinajstić information content (AvgIpc) is 2.04. The molecule has 0 fully saturated rings. The molecule has 1 aromatic carbocycles. The zero-order valence-corrected chi connectivity index (χ0v) is 7.53. The monoisotopic (exact) mass is 200 g/mol. The number of aliphatic carboxylic acids is 1. The van der Waals surface area contributed by atoms with Crippen LogP contribution in [0.4, 0.5) is 0 Å². The quantitative estimate of drug-likeness (QED) is 0.783. The van der Waals surface area contributed by atoms with Crippen LogP contribution in [-0.4, -0.2) is 16.2 Å². The van der Waals surface area contributed by atoms with Crippen LogP contribution in [0.3, 0.4) is 0 Å². The number of hydrogen-bond donors (Lipinski definition) is 2. The van der Waals surface area contributed by atoms with E-state index in [2.05, 4.69) is 0 Å². The normalized spacial score (nSPS) is 12.5. The molecule has 3 nitrogen and oxygen atoms in total. The van der Waals surface area contributed by atoms with Crippen molar-refractivity contribution < 1.29 is 15.0 Å². The molecule has 70 valence electrons. The van der Waals surface area contributed by atoms with Crippen molar-refractivity contribution >= 4 is 17.6 Å². The highest BCUT2D eigenvalue weighted by atomic mass is 35.5. The lowest BCUT2D eigenvalue weighted by atomic mass is 10.1. The summed E-state index contributed by atoms with van der Waals surface area (Å²) in [5.41, 5.74) is 0.562. The molecule has 0 saturated carbocycles. The summed E-state index contributed by atoms with van der Waals surface area (Å²) < 4.78 is 0. The molecule has 0 aliphatic carbocycles. The van der Waals surface area contributed by atoms with Gasteiger partial charge in [0.15, 0.2) is 0 Å². The highest BCUT2D eigenvalue weighted by Gasteiger charge is 2.11. The lowest BCUT2D eigenvalue weighted by molar-refractivity contribution is -0.139. The third kappa shape index (κ3) is 3.05. The molecule has 4 heteroatoms. The molecule has 0 aliphatic heterocycles. The SMILES string of the molecule is O=C(O)C[C@@H](O)c1ccc(Cl)cc1. The van der Waals surface area contributed by atoms with Gasteiger partial charge >= 0.3 is 5.97 Å². The van der Waals surface area contributed by atoms with E-state index >= 15 is 0 Å². The minimum atomic E-state index is -1.03. The summed E-state index contributed by atoms with van der Waals surface area (Å²) in [6.07, 6.45) is -1.25. The molecule has 1 rings (SSSR count). The predicted octanol–water partition coefficient (Wildman–Crippen LogP) is 1.85. The Balaban J connectivity index is 2.71. The summed E-state index contributed by atoms with van der Waals surface area (Å²) in [4.78, 5) is 10.3. The molecule has 0 amide bonds. The highest BCUT2D eigenvalue weighted by molar-refractivity contribution is 6.30. The second-order valence-electron chi connectivity index (χ2n) is 2.67. The van der Waals surface area contributed by atoms with Crippen LogP contribution in [-0.2, 0) is 4.79 Å². The van der Waals surface area contributed by atoms with Crippen molar-refractivity contribution in [1.29, 1.82) is 0 Å². The van der Waals surface area contributed by atoms with Gasteiger partial charge in [0.1, 0.15) is 0 Å². The maximum atomic E-state index is 10.3. The fourth-order valence-electron chi connectivity index (χ4n) is 0.968. The number of rotatable bonds is 3. The van der Waals surface area contributed by atoms with Crippen LogP contribution in [0.15, 0.2) is 24.3 Å². The van der Waals surface area contributed by atoms with Crippen LogP contribution in [0.5, 0.6) is 0 Å². The largest absolute Gasteiger partial charge is 0.481 e. The van der Waals surface area contributed by atoms with Gasteiger partial charge in [-0.3, -0.25) is 4.79 Å². The van der Waals surface area contributed by atoms with Crippen LogP contribution in [0.2, 0.25) is 5.02 Å². The van der Waals surface area contributed by atoms with Crippen molar-refractivity contribution in [3.05, 3.63) is 34.9 Å². The lowest BCUT2D eigenvalue weighted by Crippen LogP contribution is -2.04. The van der Waals surface area contributed by atoms with Crippen LogP contribution in [0.1, 0.15) is 18.1 Å². The number of hydrogen-bond acceptors (Lipinski definition) is 2. The Kier molecular flexibility index (Phi) is 3.28. The first kappa shape index (κ1) is 10.0. The first-order valence-corrected chi connectivity index (χ1v) is 4.12. The summed E-state index contributed by atoms with van der Waals surface area (Å²) in [7, 11) is 0. The van der Waals surface area contributed by atoms with Gasteiger partial charge in [0.05, 0.1) is 12.5 Å². The smallest absolute Gasteiger partial charge is 0.306 e. The van der Waals surface area contributed by atoms with Gasteiger partial charge in [0.25, 0.3) is 0 Å². The minimum Gasteiger partial charge on any atom is -0.481 e. The van der Waals surface area contributed by atoms with Crippen molar-refractivity contribution in [2.75, 3.05) is 0 Å². The number of halogens is 1. The summed E-state index contributed by atoms with van der Waals surface area (Å²) in [5, 5.41) is 18.3. The Bertz CT molecular complexity index is 294. The van der Waals surface area contributed by atoms with E-state index < -0.39 is 12.1 Å². The highest BCUT2D eigenvalue weighted by Crippen LogP contribution is 2.18. The molecule has 0 radical (unpaired) electrons. The van der Waals surface area contributed by atoms with Gasteiger partial charge in [0, 0.05) is 5.02 Å². The van der Waals surface area contributed by atoms with Crippen molar-refractivity contribution in [2.24, 2.45) is 0 Å². The summed E-state index contributed by atoms with van der Waals surface area (Å²) >= 11 is 5.62. The molecule has 0 bridgehead atoms. The zero-order chi connectivity index (χ0) is 9.84. The van der Waals surface area contributed by atoms with E-state index in [4.69, 9.17) is 16.7 Å². The van der Waals surface area contributed by atoms with Gasteiger partial charge in [-0.2, -0.15) is 0 Å². The van der Waals surface area contributed by atoms with Crippen molar-refractivity contribution in [3.63, 3.8) is 0 Å². The zero-order valence-electron chi connectivity index (χ0n) is 6.77. The van der Waals surface area contributed by atoms with Crippen molar-refractivity contribution in [1.82, 2.24) is 0 Å². The van der Waals surface area contributed by atoms with Crippen molar-refractivity contribution in [3.8, 4) is 0 Å². The Hall–Kier alpha value is -1.06. The summed E-state index contributed by atoms with van der Waals surface area (Å²) in [6, 6.07) is 6.44. The predicted molar refractivity (Wildman–Crippen MR) is 48.7 cm³/mol. The Morgan fingerprint density at radius 1 is 1.38 bits per heavy atom. The fourth-order valence-corrected chi connectivity index (χ4v) is 1.09. The van der Waals surface area contributed by atoms with Crippen LogP contribution < -0.4 is 0 Å². The maximum Gasteiger partial charge on any atom is 0.306 e. The maximum absolute atomic E-state index is 10.3. The standard InChI is InChI=1S/C9H9ClO3/c10-7-3-1-6(2-4-7)8(11)5-9(12)13/h1-4,8,11H,5H2,(H,12,13)/t8-/m1/s1. The molecule has 0 unspecified atom stereocenters. The number of benzene rings is 1. The molecular formula is C9H9ClO3. The second kappa shape index (κ2) is 4.25. The molecule has 13 heavy (non-hydrogen) atoms. The van der Waals surface area contributed by atoms with E-state index in [0.29, 0.717) is 10.6 Å². The lowest BCUT2D eigenvalue weighted by Gasteiger charge is -2.07. The van der Waals surface area contributed by atoms with Crippen LogP contribution in [0.25, 0.3) is 0 Å². The average molecular weight is 201 g/mol. The van der Waals surface area contributed by atoms with Gasteiger partial charge in [0.2, 0.25) is 0 Å². The molecule has 0 heterocycles. The molecule has 2 N–H and O–H groups in total. The molecular weight excluding hydrogens is 192 g/mol. The summed E-state index contributed by atoms with van der Waals surface area (Å²) in [6.45, 7) is 0. The van der Waals surface area contributed by atoms with E-state index in [0.717, 1.165) is 0 Å².